The molecule has 1 aliphatic heterocycles. The number of hydrogen-bond donors (Lipinski definition) is 1. The lowest BCUT2D eigenvalue weighted by molar-refractivity contribution is -0.137. The van der Waals surface area contributed by atoms with Gasteiger partial charge in [-0.15, -0.1) is 0 Å². The molecule has 1 aromatic heterocycles. The van der Waals surface area contributed by atoms with Gasteiger partial charge in [0, 0.05) is 26.2 Å². The van der Waals surface area contributed by atoms with Crippen molar-refractivity contribution in [2.24, 2.45) is 0 Å². The molecule has 2 heterocycles. The molecule has 234 valence electrons. The molecule has 1 saturated heterocycles. The van der Waals surface area contributed by atoms with Crippen molar-refractivity contribution in [3.05, 3.63) is 120 Å². The monoisotopic (exact) mass is 634 g/mol. The number of aryl methyl sites for hydroxylation is 1. The Kier molecular flexibility index (Phi) is 8.32. The molecule has 0 saturated carbocycles. The van der Waals surface area contributed by atoms with E-state index in [4.69, 9.17) is 9.72 Å². The summed E-state index contributed by atoms with van der Waals surface area (Å²) in [5.41, 5.74) is 2.59. The topological polar surface area (TPSA) is 76.5 Å². The number of anilines is 1. The number of benzene rings is 4. The van der Waals surface area contributed by atoms with E-state index in [1.807, 2.05) is 71.0 Å². The Morgan fingerprint density at radius 2 is 1.67 bits per heavy atom. The number of fused-ring (bicyclic) bond motifs is 1. The second-order valence-corrected chi connectivity index (χ2v) is 13.2. The van der Waals surface area contributed by atoms with Crippen LogP contribution in [0, 0.1) is 6.92 Å². The van der Waals surface area contributed by atoms with Crippen molar-refractivity contribution in [3.63, 3.8) is 0 Å². The molecule has 0 radical (unpaired) electrons. The summed E-state index contributed by atoms with van der Waals surface area (Å²) in [7, 11) is -3.77. The highest BCUT2D eigenvalue weighted by Gasteiger charge is 2.37. The van der Waals surface area contributed by atoms with Crippen molar-refractivity contribution in [2.45, 2.75) is 42.9 Å². The number of hydrogen-bond acceptors (Lipinski definition) is 6. The average molecular weight is 635 g/mol. The summed E-state index contributed by atoms with van der Waals surface area (Å²) in [6, 6.07) is 27.0. The molecule has 4 aromatic carbocycles. The van der Waals surface area contributed by atoms with E-state index in [0.717, 1.165) is 17.6 Å². The third-order valence-corrected chi connectivity index (χ3v) is 10.3. The van der Waals surface area contributed by atoms with Crippen LogP contribution < -0.4 is 15.0 Å². The number of alkyl halides is 3. The van der Waals surface area contributed by atoms with Crippen molar-refractivity contribution < 1.29 is 26.3 Å². The summed E-state index contributed by atoms with van der Waals surface area (Å²) >= 11 is 0. The van der Waals surface area contributed by atoms with Crippen molar-refractivity contribution in [2.75, 3.05) is 24.5 Å². The number of sulfone groups is 1. The van der Waals surface area contributed by atoms with Crippen LogP contribution in [0.1, 0.15) is 35.5 Å². The van der Waals surface area contributed by atoms with Gasteiger partial charge in [0.05, 0.1) is 21.7 Å². The first-order chi connectivity index (χ1) is 21.5. The Balaban J connectivity index is 1.45. The summed E-state index contributed by atoms with van der Waals surface area (Å²) in [4.78, 5) is 7.22. The van der Waals surface area contributed by atoms with Gasteiger partial charge in [0.15, 0.2) is 11.9 Å². The number of ether oxygens (including phenoxy) is 1. The van der Waals surface area contributed by atoms with Crippen LogP contribution in [0.5, 0.6) is 5.75 Å². The Morgan fingerprint density at radius 3 is 2.38 bits per heavy atom. The van der Waals surface area contributed by atoms with Gasteiger partial charge in [0.1, 0.15) is 16.6 Å². The highest BCUT2D eigenvalue weighted by Crippen LogP contribution is 2.35. The van der Waals surface area contributed by atoms with Crippen molar-refractivity contribution in [1.82, 2.24) is 14.9 Å². The quantitative estimate of drug-likeness (QED) is 0.203. The van der Waals surface area contributed by atoms with E-state index in [1.54, 1.807) is 25.1 Å². The SMILES string of the molecule is Cc1ccccc1S(=O)(=O)C1CNCCN1c1cccc2c1nc(C(C)Oc1ccccc1)n2Cc1ccc(C(F)(F)F)cc1. The van der Waals surface area contributed by atoms with Gasteiger partial charge in [-0.1, -0.05) is 54.6 Å². The van der Waals surface area contributed by atoms with Crippen LogP contribution in [0.4, 0.5) is 18.9 Å². The van der Waals surface area contributed by atoms with E-state index < -0.39 is 33.1 Å². The molecule has 1 N–H and O–H groups in total. The van der Waals surface area contributed by atoms with E-state index in [2.05, 4.69) is 5.32 Å². The van der Waals surface area contributed by atoms with E-state index in [1.165, 1.54) is 12.1 Å². The van der Waals surface area contributed by atoms with Crippen LogP contribution in [0.2, 0.25) is 0 Å². The maximum Gasteiger partial charge on any atom is 0.416 e. The number of rotatable bonds is 8. The minimum Gasteiger partial charge on any atom is -0.483 e. The van der Waals surface area contributed by atoms with Crippen molar-refractivity contribution in [1.29, 1.82) is 0 Å². The minimum absolute atomic E-state index is 0.236. The smallest absolute Gasteiger partial charge is 0.416 e. The fourth-order valence-corrected chi connectivity index (χ4v) is 7.82. The van der Waals surface area contributed by atoms with Crippen LogP contribution >= 0.6 is 0 Å². The zero-order valence-electron chi connectivity index (χ0n) is 24.8. The first kappa shape index (κ1) is 30.7. The number of nitrogens with zero attached hydrogens (tertiary/aromatic N) is 3. The van der Waals surface area contributed by atoms with Gasteiger partial charge >= 0.3 is 6.18 Å². The lowest BCUT2D eigenvalue weighted by Gasteiger charge is -2.37. The minimum atomic E-state index is -4.43. The third kappa shape index (κ3) is 6.14. The average Bonchev–Trinajstić information content (AvgIpc) is 3.40. The molecule has 6 rings (SSSR count). The fourth-order valence-electron chi connectivity index (χ4n) is 5.85. The zero-order chi connectivity index (χ0) is 31.8. The van der Waals surface area contributed by atoms with Crippen LogP contribution in [-0.4, -0.2) is 43.0 Å². The molecule has 0 spiro atoms. The Hall–Kier alpha value is -4.35. The standard InChI is InChI=1S/C34H33F3N4O3S/c1-23-9-6-7-14-30(23)45(42,43)31-21-38-19-20-40(31)28-12-8-13-29-32(28)39-33(24(2)44-27-10-4-3-5-11-27)41(29)22-25-15-17-26(18-16-25)34(35,36)37/h3-18,24,31,38H,19-22H2,1-2H3. The normalized spacial score (nSPS) is 16.6. The molecule has 7 nitrogen and oxygen atoms in total. The van der Waals surface area contributed by atoms with Gasteiger partial charge < -0.3 is 19.5 Å². The largest absolute Gasteiger partial charge is 0.483 e. The number of halogens is 3. The molecule has 1 fully saturated rings. The summed E-state index contributed by atoms with van der Waals surface area (Å²) in [5, 5.41) is 2.37. The second kappa shape index (κ2) is 12.2. The van der Waals surface area contributed by atoms with E-state index in [9.17, 15) is 21.6 Å². The number of imidazole rings is 1. The lowest BCUT2D eigenvalue weighted by Crippen LogP contribution is -2.55. The molecule has 0 amide bonds. The van der Waals surface area contributed by atoms with Crippen LogP contribution in [-0.2, 0) is 22.6 Å². The highest BCUT2D eigenvalue weighted by atomic mass is 32.2. The highest BCUT2D eigenvalue weighted by molar-refractivity contribution is 7.92. The molecule has 1 aliphatic rings. The predicted octanol–water partition coefficient (Wildman–Crippen LogP) is 6.76. The van der Waals surface area contributed by atoms with Crippen LogP contribution in [0.25, 0.3) is 11.0 Å². The zero-order valence-corrected chi connectivity index (χ0v) is 25.6. The summed E-state index contributed by atoms with van der Waals surface area (Å²) in [6.07, 6.45) is -4.96. The molecule has 0 bridgehead atoms. The van der Waals surface area contributed by atoms with Gasteiger partial charge in [-0.2, -0.15) is 13.2 Å². The second-order valence-electron chi connectivity index (χ2n) is 11.1. The van der Waals surface area contributed by atoms with Gasteiger partial charge in [0.25, 0.3) is 0 Å². The van der Waals surface area contributed by atoms with Crippen LogP contribution in [0.3, 0.4) is 0 Å². The van der Waals surface area contributed by atoms with E-state index in [0.29, 0.717) is 47.0 Å². The molecule has 0 aliphatic carbocycles. The van der Waals surface area contributed by atoms with Gasteiger partial charge in [0.2, 0.25) is 9.84 Å². The summed E-state index contributed by atoms with van der Waals surface area (Å²) in [5.74, 6) is 1.21. The van der Waals surface area contributed by atoms with E-state index in [-0.39, 0.29) is 18.0 Å². The maximum absolute atomic E-state index is 14.0. The molecule has 11 heteroatoms. The number of piperazine rings is 1. The van der Waals surface area contributed by atoms with Crippen LogP contribution in [0.15, 0.2) is 102 Å². The Bertz CT molecular complexity index is 1910. The molecule has 2 atom stereocenters. The van der Waals surface area contributed by atoms with Gasteiger partial charge in [-0.3, -0.25) is 0 Å². The first-order valence-corrected chi connectivity index (χ1v) is 16.2. The molecule has 2 unspecified atom stereocenters. The summed E-state index contributed by atoms with van der Waals surface area (Å²) < 4.78 is 76.1. The Labute approximate surface area is 260 Å². The molecular weight excluding hydrogens is 601 g/mol. The predicted molar refractivity (Wildman–Crippen MR) is 168 cm³/mol. The first-order valence-electron chi connectivity index (χ1n) is 14.7. The van der Waals surface area contributed by atoms with E-state index >= 15 is 0 Å². The van der Waals surface area contributed by atoms with Gasteiger partial charge in [-0.05, 0) is 67.4 Å². The third-order valence-electron chi connectivity index (χ3n) is 8.09. The summed E-state index contributed by atoms with van der Waals surface area (Å²) in [6.45, 7) is 5.15. The lowest BCUT2D eigenvalue weighted by atomic mass is 10.1. The van der Waals surface area contributed by atoms with Crippen molar-refractivity contribution >= 4 is 26.6 Å². The maximum atomic E-state index is 14.0. The number of aromatic nitrogens is 2. The Morgan fingerprint density at radius 1 is 0.956 bits per heavy atom. The number of nitrogens with one attached hydrogen (secondary N) is 1. The molecular formula is C34H33F3N4O3S. The molecule has 45 heavy (non-hydrogen) atoms. The fraction of sp³-hybridized carbons (Fsp3) is 0.265. The molecule has 5 aromatic rings. The van der Waals surface area contributed by atoms with Gasteiger partial charge in [-0.25, -0.2) is 13.4 Å². The number of para-hydroxylation sites is 2. The van der Waals surface area contributed by atoms with Crippen molar-refractivity contribution in [3.8, 4) is 5.75 Å².